The lowest BCUT2D eigenvalue weighted by molar-refractivity contribution is -0.384. The molecule has 0 aliphatic heterocycles. The molecule has 1 N–H and O–H groups in total. The zero-order valence-corrected chi connectivity index (χ0v) is 20.8. The van der Waals surface area contributed by atoms with E-state index in [1.54, 1.807) is 41.0 Å². The standard InChI is InChI=1S/C25H22ClN5O4S/c1-17-4-2-3-5-18(17)16-36-25-29-28-23(30(25)20-8-10-21(11-9-20)31(33)34)14-27-24(32)15-35-22-12-6-19(26)7-13-22/h2-13H,14-16H2,1H3,(H,27,32). The van der Waals surface area contributed by atoms with E-state index in [4.69, 9.17) is 16.3 Å². The molecule has 4 aromatic rings. The number of nitrogens with one attached hydrogen (secondary N) is 1. The number of carbonyl (C=O) groups is 1. The van der Waals surface area contributed by atoms with Crippen molar-refractivity contribution in [2.45, 2.75) is 24.4 Å². The Balaban J connectivity index is 1.49. The van der Waals surface area contributed by atoms with Gasteiger partial charge in [-0.15, -0.1) is 10.2 Å². The highest BCUT2D eigenvalue weighted by Crippen LogP contribution is 2.27. The molecule has 184 valence electrons. The van der Waals surface area contributed by atoms with E-state index in [2.05, 4.69) is 21.6 Å². The van der Waals surface area contributed by atoms with Crippen LogP contribution in [-0.4, -0.2) is 32.2 Å². The average Bonchev–Trinajstić information content (AvgIpc) is 3.29. The summed E-state index contributed by atoms with van der Waals surface area (Å²) in [6.45, 7) is 1.96. The molecule has 0 atom stereocenters. The van der Waals surface area contributed by atoms with Crippen LogP contribution in [0.25, 0.3) is 5.69 Å². The molecule has 0 bridgehead atoms. The first-order valence-electron chi connectivity index (χ1n) is 10.9. The summed E-state index contributed by atoms with van der Waals surface area (Å²) in [6, 6.07) is 20.9. The molecule has 4 rings (SSSR count). The molecule has 11 heteroatoms. The summed E-state index contributed by atoms with van der Waals surface area (Å²) >= 11 is 7.35. The minimum Gasteiger partial charge on any atom is -0.484 e. The highest BCUT2D eigenvalue weighted by atomic mass is 35.5. The number of nitrogens with zero attached hydrogens (tertiary/aromatic N) is 4. The third-order valence-electron chi connectivity index (χ3n) is 5.26. The minimum atomic E-state index is -0.453. The number of nitro groups is 1. The lowest BCUT2D eigenvalue weighted by atomic mass is 10.1. The zero-order valence-electron chi connectivity index (χ0n) is 19.3. The van der Waals surface area contributed by atoms with Gasteiger partial charge in [0, 0.05) is 28.6 Å². The average molecular weight is 524 g/mol. The molecular formula is C25H22ClN5O4S. The molecular weight excluding hydrogens is 502 g/mol. The van der Waals surface area contributed by atoms with Crippen LogP contribution in [-0.2, 0) is 17.1 Å². The Morgan fingerprint density at radius 1 is 1.08 bits per heavy atom. The van der Waals surface area contributed by atoms with Gasteiger partial charge in [0.15, 0.2) is 17.6 Å². The predicted octanol–water partition coefficient (Wildman–Crippen LogP) is 5.12. The van der Waals surface area contributed by atoms with Crippen LogP contribution >= 0.6 is 23.4 Å². The van der Waals surface area contributed by atoms with E-state index in [0.717, 1.165) is 5.56 Å². The summed E-state index contributed by atoms with van der Waals surface area (Å²) in [5.41, 5.74) is 2.96. The summed E-state index contributed by atoms with van der Waals surface area (Å²) < 4.78 is 7.27. The van der Waals surface area contributed by atoms with Crippen molar-refractivity contribution in [2.75, 3.05) is 6.61 Å². The van der Waals surface area contributed by atoms with Gasteiger partial charge in [0.05, 0.1) is 11.5 Å². The van der Waals surface area contributed by atoms with Gasteiger partial charge >= 0.3 is 0 Å². The molecule has 0 aliphatic carbocycles. The second kappa shape index (κ2) is 11.7. The van der Waals surface area contributed by atoms with E-state index >= 15 is 0 Å². The molecule has 1 heterocycles. The van der Waals surface area contributed by atoms with E-state index in [1.165, 1.54) is 29.5 Å². The highest BCUT2D eigenvalue weighted by Gasteiger charge is 2.17. The monoisotopic (exact) mass is 523 g/mol. The lowest BCUT2D eigenvalue weighted by Crippen LogP contribution is -2.29. The Morgan fingerprint density at radius 2 is 1.81 bits per heavy atom. The fourth-order valence-electron chi connectivity index (χ4n) is 3.31. The van der Waals surface area contributed by atoms with E-state index < -0.39 is 4.92 Å². The summed E-state index contributed by atoms with van der Waals surface area (Å²) in [4.78, 5) is 23.0. The van der Waals surface area contributed by atoms with E-state index in [1.807, 2.05) is 25.1 Å². The third kappa shape index (κ3) is 6.41. The van der Waals surface area contributed by atoms with E-state index in [9.17, 15) is 14.9 Å². The highest BCUT2D eigenvalue weighted by molar-refractivity contribution is 7.98. The van der Waals surface area contributed by atoms with Gasteiger partial charge in [-0.1, -0.05) is 47.6 Å². The number of non-ortho nitro benzene ring substituents is 1. The molecule has 0 aliphatic rings. The van der Waals surface area contributed by atoms with Gasteiger partial charge in [0.1, 0.15) is 5.75 Å². The number of nitro benzene ring substituents is 1. The van der Waals surface area contributed by atoms with Gasteiger partial charge in [-0.25, -0.2) is 0 Å². The number of aryl methyl sites for hydroxylation is 1. The quantitative estimate of drug-likeness (QED) is 0.174. The van der Waals surface area contributed by atoms with Crippen molar-refractivity contribution >= 4 is 35.0 Å². The van der Waals surface area contributed by atoms with Gasteiger partial charge in [-0.3, -0.25) is 19.5 Å². The molecule has 9 nitrogen and oxygen atoms in total. The first-order valence-corrected chi connectivity index (χ1v) is 12.3. The maximum atomic E-state index is 12.4. The predicted molar refractivity (Wildman–Crippen MR) is 138 cm³/mol. The number of amides is 1. The molecule has 0 spiro atoms. The molecule has 1 amide bonds. The van der Waals surface area contributed by atoms with Gasteiger partial charge < -0.3 is 10.1 Å². The Hall–Kier alpha value is -3.89. The van der Waals surface area contributed by atoms with Gasteiger partial charge in [-0.05, 0) is 54.4 Å². The molecule has 0 fully saturated rings. The van der Waals surface area contributed by atoms with Crippen LogP contribution < -0.4 is 10.1 Å². The summed E-state index contributed by atoms with van der Waals surface area (Å²) in [6.07, 6.45) is 0. The van der Waals surface area contributed by atoms with Crippen molar-refractivity contribution in [3.05, 3.63) is 105 Å². The lowest BCUT2D eigenvalue weighted by Gasteiger charge is -2.12. The number of aromatic nitrogens is 3. The number of rotatable bonds is 10. The van der Waals surface area contributed by atoms with Crippen LogP contribution in [0.15, 0.2) is 78.0 Å². The normalized spacial score (nSPS) is 10.7. The van der Waals surface area contributed by atoms with Crippen LogP contribution in [0, 0.1) is 17.0 Å². The minimum absolute atomic E-state index is 0.0184. The molecule has 1 aromatic heterocycles. The molecule has 3 aromatic carbocycles. The van der Waals surface area contributed by atoms with Crippen molar-refractivity contribution in [3.63, 3.8) is 0 Å². The summed E-state index contributed by atoms with van der Waals surface area (Å²) in [5, 5.41) is 23.6. The van der Waals surface area contributed by atoms with Crippen molar-refractivity contribution in [1.82, 2.24) is 20.1 Å². The molecule has 0 radical (unpaired) electrons. The Bertz CT molecular complexity index is 1360. The smallest absolute Gasteiger partial charge is 0.269 e. The van der Waals surface area contributed by atoms with Crippen molar-refractivity contribution in [1.29, 1.82) is 0 Å². The van der Waals surface area contributed by atoms with Gasteiger partial charge in [0.2, 0.25) is 0 Å². The topological polar surface area (TPSA) is 112 Å². The number of ether oxygens (including phenoxy) is 1. The second-order valence-corrected chi connectivity index (χ2v) is 9.12. The number of benzene rings is 3. The van der Waals surface area contributed by atoms with Crippen LogP contribution in [0.5, 0.6) is 5.75 Å². The van der Waals surface area contributed by atoms with Crippen LogP contribution in [0.3, 0.4) is 0 Å². The van der Waals surface area contributed by atoms with Crippen LogP contribution in [0.2, 0.25) is 5.02 Å². The fourth-order valence-corrected chi connectivity index (χ4v) is 4.49. The number of hydrogen-bond acceptors (Lipinski definition) is 7. The van der Waals surface area contributed by atoms with Crippen molar-refractivity contribution in [2.24, 2.45) is 0 Å². The Kier molecular flexibility index (Phi) is 8.19. The number of carbonyl (C=O) groups excluding carboxylic acids is 1. The first-order chi connectivity index (χ1) is 17.4. The van der Waals surface area contributed by atoms with Crippen molar-refractivity contribution in [3.8, 4) is 11.4 Å². The number of hydrogen-bond donors (Lipinski definition) is 1. The van der Waals surface area contributed by atoms with E-state index in [0.29, 0.717) is 33.2 Å². The number of halogens is 1. The zero-order chi connectivity index (χ0) is 25.5. The van der Waals surface area contributed by atoms with Crippen LogP contribution in [0.4, 0.5) is 5.69 Å². The van der Waals surface area contributed by atoms with Crippen LogP contribution in [0.1, 0.15) is 17.0 Å². The fraction of sp³-hybridized carbons (Fsp3) is 0.160. The molecule has 0 saturated heterocycles. The van der Waals surface area contributed by atoms with E-state index in [-0.39, 0.29) is 24.7 Å². The maximum Gasteiger partial charge on any atom is 0.269 e. The Morgan fingerprint density at radius 3 is 2.50 bits per heavy atom. The molecule has 0 unspecified atom stereocenters. The van der Waals surface area contributed by atoms with Crippen molar-refractivity contribution < 1.29 is 14.5 Å². The SMILES string of the molecule is Cc1ccccc1CSc1nnc(CNC(=O)COc2ccc(Cl)cc2)n1-c1ccc([N+](=O)[O-])cc1. The van der Waals surface area contributed by atoms with Gasteiger partial charge in [-0.2, -0.15) is 0 Å². The maximum absolute atomic E-state index is 12.4. The third-order valence-corrected chi connectivity index (χ3v) is 6.49. The summed E-state index contributed by atoms with van der Waals surface area (Å²) in [7, 11) is 0. The first kappa shape index (κ1) is 25.2. The summed E-state index contributed by atoms with van der Waals surface area (Å²) in [5.74, 6) is 1.34. The number of thioether (sulfide) groups is 1. The Labute approximate surface area is 216 Å². The van der Waals surface area contributed by atoms with Gasteiger partial charge in [0.25, 0.3) is 11.6 Å². The largest absolute Gasteiger partial charge is 0.484 e. The second-order valence-electron chi connectivity index (χ2n) is 7.74. The molecule has 0 saturated carbocycles. The molecule has 36 heavy (non-hydrogen) atoms.